The molecule has 0 fully saturated rings. The van der Waals surface area contributed by atoms with E-state index in [9.17, 15) is 0 Å². The van der Waals surface area contributed by atoms with E-state index in [1.807, 2.05) is 37.4 Å². The maximum absolute atomic E-state index is 5.79. The van der Waals surface area contributed by atoms with E-state index >= 15 is 0 Å². The van der Waals surface area contributed by atoms with Crippen LogP contribution in [-0.2, 0) is 13.0 Å². The van der Waals surface area contributed by atoms with Crippen LogP contribution in [0.2, 0.25) is 0 Å². The number of benzene rings is 1. The number of aromatic nitrogens is 2. The second kappa shape index (κ2) is 7.55. The molecule has 0 aliphatic carbocycles. The standard InChI is InChI=1S/C15H21N3O2/c1-2-19-13-5-3-4-6-14(13)20-12-11-18-10-9-17-15(18)7-8-16/h3-6,9-10H,2,7-8,11-12,16H2,1H3. The Kier molecular flexibility index (Phi) is 5.43. The van der Waals surface area contributed by atoms with Gasteiger partial charge in [-0.2, -0.15) is 0 Å². The number of hydrogen-bond donors (Lipinski definition) is 1. The van der Waals surface area contributed by atoms with Crippen molar-refractivity contribution in [2.24, 2.45) is 5.73 Å². The fraction of sp³-hybridized carbons (Fsp3) is 0.400. The third-order valence-corrected chi connectivity index (χ3v) is 2.91. The summed E-state index contributed by atoms with van der Waals surface area (Å²) >= 11 is 0. The highest BCUT2D eigenvalue weighted by atomic mass is 16.5. The van der Waals surface area contributed by atoms with Crippen LogP contribution in [0.25, 0.3) is 0 Å². The van der Waals surface area contributed by atoms with Crippen LogP contribution in [0.4, 0.5) is 0 Å². The second-order valence-corrected chi connectivity index (χ2v) is 4.30. The predicted octanol–water partition coefficient (Wildman–Crippen LogP) is 1.86. The molecule has 2 aromatic rings. The topological polar surface area (TPSA) is 62.3 Å². The van der Waals surface area contributed by atoms with E-state index < -0.39 is 0 Å². The fourth-order valence-electron chi connectivity index (χ4n) is 2.00. The SMILES string of the molecule is CCOc1ccccc1OCCn1ccnc1CCN. The average Bonchev–Trinajstić information content (AvgIpc) is 2.89. The summed E-state index contributed by atoms with van der Waals surface area (Å²) in [6.07, 6.45) is 4.52. The largest absolute Gasteiger partial charge is 0.490 e. The second-order valence-electron chi connectivity index (χ2n) is 4.30. The van der Waals surface area contributed by atoms with Crippen molar-refractivity contribution in [1.29, 1.82) is 0 Å². The van der Waals surface area contributed by atoms with Crippen LogP contribution in [0, 0.1) is 0 Å². The third-order valence-electron chi connectivity index (χ3n) is 2.91. The normalized spacial score (nSPS) is 10.5. The molecule has 0 aliphatic heterocycles. The first-order valence-corrected chi connectivity index (χ1v) is 6.90. The number of rotatable bonds is 8. The number of nitrogens with zero attached hydrogens (tertiary/aromatic N) is 2. The zero-order valence-corrected chi connectivity index (χ0v) is 11.8. The molecule has 0 bridgehead atoms. The van der Waals surface area contributed by atoms with Gasteiger partial charge >= 0.3 is 0 Å². The molecule has 1 aromatic heterocycles. The Balaban J connectivity index is 1.91. The van der Waals surface area contributed by atoms with E-state index in [2.05, 4.69) is 9.55 Å². The molecule has 0 aliphatic rings. The van der Waals surface area contributed by atoms with E-state index in [1.54, 1.807) is 6.20 Å². The molecule has 0 saturated heterocycles. The molecule has 1 heterocycles. The van der Waals surface area contributed by atoms with Crippen molar-refractivity contribution < 1.29 is 9.47 Å². The molecule has 0 saturated carbocycles. The van der Waals surface area contributed by atoms with E-state index in [4.69, 9.17) is 15.2 Å². The Labute approximate surface area is 119 Å². The van der Waals surface area contributed by atoms with Gasteiger partial charge in [-0.3, -0.25) is 0 Å². The lowest BCUT2D eigenvalue weighted by atomic mass is 10.3. The van der Waals surface area contributed by atoms with Gasteiger partial charge in [-0.15, -0.1) is 0 Å². The Morgan fingerprint density at radius 2 is 1.95 bits per heavy atom. The van der Waals surface area contributed by atoms with Gasteiger partial charge in [0.15, 0.2) is 11.5 Å². The molecule has 5 heteroatoms. The molecule has 5 nitrogen and oxygen atoms in total. The highest BCUT2D eigenvalue weighted by Crippen LogP contribution is 2.26. The minimum atomic E-state index is 0.567. The fourth-order valence-corrected chi connectivity index (χ4v) is 2.00. The number of hydrogen-bond acceptors (Lipinski definition) is 4. The van der Waals surface area contributed by atoms with Crippen LogP contribution >= 0.6 is 0 Å². The highest BCUT2D eigenvalue weighted by Gasteiger charge is 2.05. The van der Waals surface area contributed by atoms with Gasteiger partial charge in [-0.05, 0) is 25.6 Å². The molecule has 108 valence electrons. The molecule has 0 spiro atoms. The minimum absolute atomic E-state index is 0.567. The van der Waals surface area contributed by atoms with Crippen molar-refractivity contribution in [2.45, 2.75) is 19.9 Å². The first-order valence-electron chi connectivity index (χ1n) is 6.90. The molecule has 0 unspecified atom stereocenters. The molecule has 20 heavy (non-hydrogen) atoms. The van der Waals surface area contributed by atoms with Crippen LogP contribution < -0.4 is 15.2 Å². The van der Waals surface area contributed by atoms with Gasteiger partial charge in [0.1, 0.15) is 12.4 Å². The zero-order chi connectivity index (χ0) is 14.2. The van der Waals surface area contributed by atoms with Gasteiger partial charge < -0.3 is 19.8 Å². The molecule has 2 rings (SSSR count). The predicted molar refractivity (Wildman–Crippen MR) is 78.1 cm³/mol. The van der Waals surface area contributed by atoms with Gasteiger partial charge in [0.25, 0.3) is 0 Å². The average molecular weight is 275 g/mol. The number of imidazole rings is 1. The summed E-state index contributed by atoms with van der Waals surface area (Å²) in [6, 6.07) is 7.71. The molecular formula is C15H21N3O2. The summed E-state index contributed by atoms with van der Waals surface area (Å²) in [6.45, 7) is 4.50. The van der Waals surface area contributed by atoms with Crippen LogP contribution in [0.3, 0.4) is 0 Å². The molecule has 1 aromatic carbocycles. The molecule has 0 atom stereocenters. The Hall–Kier alpha value is -2.01. The summed E-state index contributed by atoms with van der Waals surface area (Å²) in [7, 11) is 0. The zero-order valence-electron chi connectivity index (χ0n) is 11.8. The lowest BCUT2D eigenvalue weighted by Crippen LogP contribution is -2.14. The molecule has 2 N–H and O–H groups in total. The van der Waals surface area contributed by atoms with Crippen molar-refractivity contribution in [2.75, 3.05) is 19.8 Å². The van der Waals surface area contributed by atoms with Gasteiger partial charge in [0.05, 0.1) is 13.2 Å². The van der Waals surface area contributed by atoms with Crippen molar-refractivity contribution in [3.8, 4) is 11.5 Å². The van der Waals surface area contributed by atoms with Crippen molar-refractivity contribution in [3.05, 3.63) is 42.5 Å². The van der Waals surface area contributed by atoms with Crippen LogP contribution in [0.5, 0.6) is 11.5 Å². The summed E-state index contributed by atoms with van der Waals surface area (Å²) in [4.78, 5) is 4.28. The smallest absolute Gasteiger partial charge is 0.161 e. The quantitative estimate of drug-likeness (QED) is 0.799. The Morgan fingerprint density at radius 3 is 2.65 bits per heavy atom. The van der Waals surface area contributed by atoms with Crippen LogP contribution in [-0.4, -0.2) is 29.3 Å². The van der Waals surface area contributed by atoms with Gasteiger partial charge in [-0.1, -0.05) is 12.1 Å². The van der Waals surface area contributed by atoms with Gasteiger partial charge in [0, 0.05) is 18.8 Å². The lowest BCUT2D eigenvalue weighted by molar-refractivity contribution is 0.265. The molecule has 0 amide bonds. The first-order chi connectivity index (χ1) is 9.85. The van der Waals surface area contributed by atoms with E-state index in [1.165, 1.54) is 0 Å². The minimum Gasteiger partial charge on any atom is -0.490 e. The lowest BCUT2D eigenvalue weighted by Gasteiger charge is -2.12. The summed E-state index contributed by atoms with van der Waals surface area (Å²) in [5.41, 5.74) is 5.56. The Bertz CT molecular complexity index is 525. The number of nitrogens with two attached hydrogens (primary N) is 1. The van der Waals surface area contributed by atoms with Crippen LogP contribution in [0.15, 0.2) is 36.7 Å². The monoisotopic (exact) mass is 275 g/mol. The molecule has 0 radical (unpaired) electrons. The van der Waals surface area contributed by atoms with E-state index in [0.717, 1.165) is 30.3 Å². The first kappa shape index (κ1) is 14.4. The maximum Gasteiger partial charge on any atom is 0.161 e. The summed E-state index contributed by atoms with van der Waals surface area (Å²) in [5, 5.41) is 0. The van der Waals surface area contributed by atoms with E-state index in [-0.39, 0.29) is 0 Å². The van der Waals surface area contributed by atoms with Crippen molar-refractivity contribution in [3.63, 3.8) is 0 Å². The number of ether oxygens (including phenoxy) is 2. The van der Waals surface area contributed by atoms with Gasteiger partial charge in [0.2, 0.25) is 0 Å². The highest BCUT2D eigenvalue weighted by molar-refractivity contribution is 5.39. The third kappa shape index (κ3) is 3.74. The summed E-state index contributed by atoms with van der Waals surface area (Å²) in [5.74, 6) is 2.55. The maximum atomic E-state index is 5.79. The van der Waals surface area contributed by atoms with E-state index in [0.29, 0.717) is 19.8 Å². The number of para-hydroxylation sites is 2. The summed E-state index contributed by atoms with van der Waals surface area (Å²) < 4.78 is 13.4. The van der Waals surface area contributed by atoms with Gasteiger partial charge in [-0.25, -0.2) is 4.98 Å². The van der Waals surface area contributed by atoms with Crippen LogP contribution in [0.1, 0.15) is 12.7 Å². The Morgan fingerprint density at radius 1 is 1.20 bits per heavy atom. The van der Waals surface area contributed by atoms with Crippen molar-refractivity contribution in [1.82, 2.24) is 9.55 Å². The molecular weight excluding hydrogens is 254 g/mol. The van der Waals surface area contributed by atoms with Crippen molar-refractivity contribution >= 4 is 0 Å².